The molecule has 0 radical (unpaired) electrons. The topological polar surface area (TPSA) is 44.4 Å². The molecule has 0 aliphatic carbocycles. The van der Waals surface area contributed by atoms with Crippen LogP contribution in [0.1, 0.15) is 36.8 Å². The number of carbonyl (C=O) groups is 1. The average molecular weight is 367 g/mol. The van der Waals surface area contributed by atoms with Crippen molar-refractivity contribution in [1.29, 1.82) is 0 Å². The Morgan fingerprint density at radius 2 is 1.81 bits per heavy atom. The minimum Gasteiger partial charge on any atom is -0.335 e. The molecule has 2 aliphatic heterocycles. The van der Waals surface area contributed by atoms with Crippen LogP contribution in [-0.2, 0) is 6.54 Å². The van der Waals surface area contributed by atoms with Gasteiger partial charge < -0.3 is 10.6 Å². The normalized spacial score (nSPS) is 24.6. The lowest BCUT2D eigenvalue weighted by Crippen LogP contribution is -2.50. The predicted molar refractivity (Wildman–Crippen MR) is 105 cm³/mol. The smallest absolute Gasteiger partial charge is 0.319 e. The van der Waals surface area contributed by atoms with Crippen LogP contribution in [0.3, 0.4) is 0 Å². The fraction of sp³-hybridized carbons (Fsp3) is 0.409. The number of piperidine rings is 1. The Balaban J connectivity index is 1.33. The SMILES string of the molecule is Cc1cccc(NC(=O)NC2CC3CCC(C2)N3Cc2ccc(F)cc2)c1. The van der Waals surface area contributed by atoms with Gasteiger partial charge in [-0.25, -0.2) is 9.18 Å². The number of carbonyl (C=O) groups excluding carboxylic acids is 1. The molecule has 2 fully saturated rings. The highest BCUT2D eigenvalue weighted by Gasteiger charge is 2.40. The second kappa shape index (κ2) is 7.69. The summed E-state index contributed by atoms with van der Waals surface area (Å²) in [5, 5.41) is 6.09. The van der Waals surface area contributed by atoms with Gasteiger partial charge in [0.1, 0.15) is 5.82 Å². The maximum absolute atomic E-state index is 13.1. The molecule has 4 rings (SSSR count). The maximum atomic E-state index is 13.1. The van der Waals surface area contributed by atoms with Crippen molar-refractivity contribution in [1.82, 2.24) is 10.2 Å². The van der Waals surface area contributed by atoms with E-state index < -0.39 is 0 Å². The first-order valence-electron chi connectivity index (χ1n) is 9.71. The van der Waals surface area contributed by atoms with Gasteiger partial charge in [0.05, 0.1) is 0 Å². The van der Waals surface area contributed by atoms with Gasteiger partial charge in [0.2, 0.25) is 0 Å². The van der Waals surface area contributed by atoms with Crippen molar-refractivity contribution in [2.75, 3.05) is 5.32 Å². The third kappa shape index (κ3) is 4.30. The molecule has 2 aromatic carbocycles. The summed E-state index contributed by atoms with van der Waals surface area (Å²) in [5.41, 5.74) is 3.10. The zero-order chi connectivity index (χ0) is 18.8. The summed E-state index contributed by atoms with van der Waals surface area (Å²) in [7, 11) is 0. The number of aryl methyl sites for hydroxylation is 1. The van der Waals surface area contributed by atoms with Crippen LogP contribution in [0.2, 0.25) is 0 Å². The second-order valence-corrected chi connectivity index (χ2v) is 7.82. The average Bonchev–Trinajstić information content (AvgIpc) is 2.86. The van der Waals surface area contributed by atoms with E-state index >= 15 is 0 Å². The van der Waals surface area contributed by atoms with Crippen LogP contribution in [0.5, 0.6) is 0 Å². The van der Waals surface area contributed by atoms with Gasteiger partial charge in [-0.2, -0.15) is 0 Å². The monoisotopic (exact) mass is 367 g/mol. The largest absolute Gasteiger partial charge is 0.335 e. The van der Waals surface area contributed by atoms with Crippen molar-refractivity contribution in [2.45, 2.75) is 57.3 Å². The fourth-order valence-electron chi connectivity index (χ4n) is 4.53. The number of fused-ring (bicyclic) bond motifs is 2. The molecular weight excluding hydrogens is 341 g/mol. The lowest BCUT2D eigenvalue weighted by molar-refractivity contribution is 0.112. The Bertz CT molecular complexity index is 793. The highest BCUT2D eigenvalue weighted by Crippen LogP contribution is 2.36. The first-order valence-corrected chi connectivity index (χ1v) is 9.71. The first kappa shape index (κ1) is 18.0. The van der Waals surface area contributed by atoms with Crippen molar-refractivity contribution in [2.24, 2.45) is 0 Å². The first-order chi connectivity index (χ1) is 13.1. The summed E-state index contributed by atoms with van der Waals surface area (Å²) in [6.07, 6.45) is 4.28. The fourth-order valence-corrected chi connectivity index (χ4v) is 4.53. The molecule has 0 saturated carbocycles. The molecule has 2 aliphatic rings. The highest BCUT2D eigenvalue weighted by molar-refractivity contribution is 5.89. The van der Waals surface area contributed by atoms with E-state index in [1.54, 1.807) is 0 Å². The molecule has 2 unspecified atom stereocenters. The summed E-state index contributed by atoms with van der Waals surface area (Å²) < 4.78 is 13.1. The standard InChI is InChI=1S/C22H26FN3O/c1-15-3-2-4-18(11-15)24-22(27)25-19-12-20-9-10-21(13-19)26(20)14-16-5-7-17(23)8-6-16/h2-8,11,19-21H,9-10,12-14H2,1H3,(H2,24,25,27). The van der Waals surface area contributed by atoms with Crippen LogP contribution in [0.4, 0.5) is 14.9 Å². The van der Waals surface area contributed by atoms with E-state index in [0.717, 1.165) is 36.2 Å². The van der Waals surface area contributed by atoms with Crippen LogP contribution < -0.4 is 10.6 Å². The molecule has 2 bridgehead atoms. The quantitative estimate of drug-likeness (QED) is 0.838. The number of urea groups is 1. The molecule has 2 saturated heterocycles. The molecule has 2 amide bonds. The van der Waals surface area contributed by atoms with Gasteiger partial charge in [-0.1, -0.05) is 24.3 Å². The summed E-state index contributed by atoms with van der Waals surface area (Å²) in [6.45, 7) is 2.87. The molecule has 0 spiro atoms. The lowest BCUT2D eigenvalue weighted by Gasteiger charge is -2.39. The molecule has 4 nitrogen and oxygen atoms in total. The van der Waals surface area contributed by atoms with Gasteiger partial charge in [-0.05, 0) is 68.0 Å². The zero-order valence-corrected chi connectivity index (χ0v) is 15.6. The molecule has 2 heterocycles. The number of hydrogen-bond acceptors (Lipinski definition) is 2. The molecule has 0 aromatic heterocycles. The summed E-state index contributed by atoms with van der Waals surface area (Å²) in [5.74, 6) is -0.191. The Morgan fingerprint density at radius 1 is 1.11 bits per heavy atom. The highest BCUT2D eigenvalue weighted by atomic mass is 19.1. The number of halogens is 1. The van der Waals surface area contributed by atoms with Crippen LogP contribution in [-0.4, -0.2) is 29.1 Å². The number of nitrogens with zero attached hydrogens (tertiary/aromatic N) is 1. The van der Waals surface area contributed by atoms with Crippen molar-refractivity contribution >= 4 is 11.7 Å². The Labute approximate surface area is 159 Å². The van der Waals surface area contributed by atoms with E-state index in [-0.39, 0.29) is 17.9 Å². The van der Waals surface area contributed by atoms with E-state index in [1.165, 1.54) is 25.0 Å². The van der Waals surface area contributed by atoms with Crippen LogP contribution in [0.25, 0.3) is 0 Å². The number of amides is 2. The maximum Gasteiger partial charge on any atom is 0.319 e. The van der Waals surface area contributed by atoms with E-state index in [4.69, 9.17) is 0 Å². The Kier molecular flexibility index (Phi) is 5.12. The Morgan fingerprint density at radius 3 is 2.48 bits per heavy atom. The van der Waals surface area contributed by atoms with Crippen molar-refractivity contribution in [3.05, 3.63) is 65.5 Å². The number of benzene rings is 2. The van der Waals surface area contributed by atoms with Gasteiger partial charge in [0.25, 0.3) is 0 Å². The van der Waals surface area contributed by atoms with Gasteiger partial charge in [-0.3, -0.25) is 4.90 Å². The third-order valence-corrected chi connectivity index (χ3v) is 5.77. The Hall–Kier alpha value is -2.40. The van der Waals surface area contributed by atoms with E-state index in [2.05, 4.69) is 15.5 Å². The minimum absolute atomic E-state index is 0.128. The van der Waals surface area contributed by atoms with Gasteiger partial charge in [0.15, 0.2) is 0 Å². The minimum atomic E-state index is -0.191. The van der Waals surface area contributed by atoms with Crippen LogP contribution in [0.15, 0.2) is 48.5 Å². The van der Waals surface area contributed by atoms with E-state index in [9.17, 15) is 9.18 Å². The molecule has 142 valence electrons. The number of hydrogen-bond donors (Lipinski definition) is 2. The molecule has 5 heteroatoms. The number of rotatable bonds is 4. The summed E-state index contributed by atoms with van der Waals surface area (Å²) >= 11 is 0. The second-order valence-electron chi connectivity index (χ2n) is 7.82. The number of anilines is 1. The van der Waals surface area contributed by atoms with Crippen molar-refractivity contribution < 1.29 is 9.18 Å². The zero-order valence-electron chi connectivity index (χ0n) is 15.6. The van der Waals surface area contributed by atoms with Crippen LogP contribution >= 0.6 is 0 Å². The van der Waals surface area contributed by atoms with Gasteiger partial charge in [-0.15, -0.1) is 0 Å². The van der Waals surface area contributed by atoms with E-state index in [1.807, 2.05) is 43.3 Å². The van der Waals surface area contributed by atoms with Gasteiger partial charge >= 0.3 is 6.03 Å². The van der Waals surface area contributed by atoms with Gasteiger partial charge in [0, 0.05) is 30.4 Å². The molecular formula is C22H26FN3O. The van der Waals surface area contributed by atoms with Crippen molar-refractivity contribution in [3.8, 4) is 0 Å². The number of nitrogens with one attached hydrogen (secondary N) is 2. The molecule has 2 aromatic rings. The summed E-state index contributed by atoms with van der Waals surface area (Å²) in [4.78, 5) is 14.9. The molecule has 2 N–H and O–H groups in total. The van der Waals surface area contributed by atoms with E-state index in [0.29, 0.717) is 12.1 Å². The molecule has 2 atom stereocenters. The van der Waals surface area contributed by atoms with Crippen molar-refractivity contribution in [3.63, 3.8) is 0 Å². The third-order valence-electron chi connectivity index (χ3n) is 5.77. The predicted octanol–water partition coefficient (Wildman–Crippen LogP) is 4.45. The van der Waals surface area contributed by atoms with Crippen LogP contribution in [0, 0.1) is 12.7 Å². The lowest BCUT2D eigenvalue weighted by atomic mass is 9.96. The summed E-state index contributed by atoms with van der Waals surface area (Å²) in [6, 6.07) is 15.7. The molecule has 27 heavy (non-hydrogen) atoms.